The maximum absolute atomic E-state index is 11.3. The van der Waals surface area contributed by atoms with Gasteiger partial charge in [0.25, 0.3) is 0 Å². The molecule has 4 heteroatoms. The zero-order valence-corrected chi connectivity index (χ0v) is 11.1. The van der Waals surface area contributed by atoms with E-state index in [0.717, 1.165) is 11.3 Å². The number of hydrogen-bond donors (Lipinski definition) is 0. The van der Waals surface area contributed by atoms with Gasteiger partial charge in [-0.25, -0.2) is 0 Å². The lowest BCUT2D eigenvalue weighted by atomic mass is 10.1. The number of ether oxygens (including phenoxy) is 1. The summed E-state index contributed by atoms with van der Waals surface area (Å²) in [5.41, 5.74) is 2.56. The van der Waals surface area contributed by atoms with Gasteiger partial charge in [0.1, 0.15) is 6.07 Å². The third-order valence-corrected chi connectivity index (χ3v) is 2.64. The first-order valence-electron chi connectivity index (χ1n) is 5.96. The Morgan fingerprint density at radius 2 is 2.22 bits per heavy atom. The third kappa shape index (κ3) is 3.77. The van der Waals surface area contributed by atoms with Crippen LogP contribution in [0.15, 0.2) is 18.2 Å². The number of esters is 1. The van der Waals surface area contributed by atoms with E-state index in [1.807, 2.05) is 31.0 Å². The second-order valence-electron chi connectivity index (χ2n) is 4.11. The largest absolute Gasteiger partial charge is 0.466 e. The molecule has 0 heterocycles. The average Bonchev–Trinajstić information content (AvgIpc) is 2.36. The number of rotatable bonds is 5. The predicted octanol–water partition coefficient (Wildman–Crippen LogP) is 2.26. The Labute approximate surface area is 108 Å². The highest BCUT2D eigenvalue weighted by atomic mass is 16.5. The minimum absolute atomic E-state index is 0.212. The van der Waals surface area contributed by atoms with Crippen LogP contribution in [0.4, 0.5) is 5.69 Å². The first kappa shape index (κ1) is 14.0. The number of anilines is 1. The van der Waals surface area contributed by atoms with E-state index in [-0.39, 0.29) is 5.97 Å². The van der Waals surface area contributed by atoms with Crippen molar-refractivity contribution in [3.05, 3.63) is 29.3 Å². The van der Waals surface area contributed by atoms with Gasteiger partial charge in [0.05, 0.1) is 24.3 Å². The van der Waals surface area contributed by atoms with E-state index in [0.29, 0.717) is 25.1 Å². The quantitative estimate of drug-likeness (QED) is 0.748. The van der Waals surface area contributed by atoms with E-state index in [2.05, 4.69) is 6.07 Å². The van der Waals surface area contributed by atoms with Crippen LogP contribution in [0, 0.1) is 18.3 Å². The molecule has 4 nitrogen and oxygen atoms in total. The number of carbonyl (C=O) groups is 1. The van der Waals surface area contributed by atoms with Crippen molar-refractivity contribution in [1.82, 2.24) is 0 Å². The summed E-state index contributed by atoms with van der Waals surface area (Å²) in [7, 11) is 1.87. The van der Waals surface area contributed by atoms with Crippen LogP contribution < -0.4 is 4.90 Å². The van der Waals surface area contributed by atoms with E-state index in [1.165, 1.54) is 0 Å². The van der Waals surface area contributed by atoms with Gasteiger partial charge in [-0.3, -0.25) is 4.79 Å². The van der Waals surface area contributed by atoms with Crippen molar-refractivity contribution in [2.45, 2.75) is 20.3 Å². The number of hydrogen-bond acceptors (Lipinski definition) is 4. The molecule has 0 saturated heterocycles. The molecule has 0 aromatic heterocycles. The van der Waals surface area contributed by atoms with Gasteiger partial charge < -0.3 is 9.64 Å². The summed E-state index contributed by atoms with van der Waals surface area (Å²) in [6, 6.07) is 7.81. The fourth-order valence-electron chi connectivity index (χ4n) is 1.66. The van der Waals surface area contributed by atoms with Gasteiger partial charge in [-0.2, -0.15) is 5.26 Å². The van der Waals surface area contributed by atoms with Crippen molar-refractivity contribution in [2.24, 2.45) is 0 Å². The molecule has 0 fully saturated rings. The molecule has 0 atom stereocenters. The highest BCUT2D eigenvalue weighted by Gasteiger charge is 2.10. The third-order valence-electron chi connectivity index (χ3n) is 2.64. The molecule has 1 rings (SSSR count). The van der Waals surface area contributed by atoms with Crippen molar-refractivity contribution in [3.8, 4) is 6.07 Å². The SMILES string of the molecule is CCOC(=O)CCN(C)c1cc(C)ccc1C#N. The molecule has 0 radical (unpaired) electrons. The fourth-order valence-corrected chi connectivity index (χ4v) is 1.66. The molecular formula is C14H18N2O2. The van der Waals surface area contributed by atoms with Crippen molar-refractivity contribution in [2.75, 3.05) is 25.1 Å². The number of carbonyl (C=O) groups excluding carboxylic acids is 1. The molecule has 0 aliphatic carbocycles. The molecule has 0 bridgehead atoms. The Kier molecular flexibility index (Phi) is 5.19. The number of aryl methyl sites for hydroxylation is 1. The molecule has 0 aliphatic heterocycles. The second-order valence-corrected chi connectivity index (χ2v) is 4.11. The molecule has 0 spiro atoms. The molecule has 0 unspecified atom stereocenters. The first-order valence-corrected chi connectivity index (χ1v) is 5.96. The zero-order chi connectivity index (χ0) is 13.5. The van der Waals surface area contributed by atoms with E-state index in [4.69, 9.17) is 10.00 Å². The van der Waals surface area contributed by atoms with Crippen LogP contribution in [0.2, 0.25) is 0 Å². The highest BCUT2D eigenvalue weighted by Crippen LogP contribution is 2.20. The highest BCUT2D eigenvalue weighted by molar-refractivity contribution is 5.70. The van der Waals surface area contributed by atoms with Gasteiger partial charge in [-0.15, -0.1) is 0 Å². The van der Waals surface area contributed by atoms with Crippen LogP contribution in [0.3, 0.4) is 0 Å². The molecule has 0 saturated carbocycles. The smallest absolute Gasteiger partial charge is 0.307 e. The Balaban J connectivity index is 2.72. The number of nitrogens with zero attached hydrogens (tertiary/aromatic N) is 2. The summed E-state index contributed by atoms with van der Waals surface area (Å²) < 4.78 is 4.88. The first-order chi connectivity index (χ1) is 8.58. The van der Waals surface area contributed by atoms with Gasteiger partial charge in [0.2, 0.25) is 0 Å². The van der Waals surface area contributed by atoms with Crippen LogP contribution in [-0.2, 0) is 9.53 Å². The van der Waals surface area contributed by atoms with Gasteiger partial charge in [-0.1, -0.05) is 6.07 Å². The molecule has 1 aromatic rings. The Bertz CT molecular complexity index is 463. The summed E-state index contributed by atoms with van der Waals surface area (Å²) in [5.74, 6) is -0.212. The maximum Gasteiger partial charge on any atom is 0.307 e. The molecule has 0 N–H and O–H groups in total. The fraction of sp³-hybridized carbons (Fsp3) is 0.429. The Hall–Kier alpha value is -2.02. The minimum Gasteiger partial charge on any atom is -0.466 e. The predicted molar refractivity (Wildman–Crippen MR) is 70.4 cm³/mol. The van der Waals surface area contributed by atoms with Gasteiger partial charge >= 0.3 is 5.97 Å². The van der Waals surface area contributed by atoms with E-state index in [1.54, 1.807) is 13.0 Å². The van der Waals surface area contributed by atoms with Crippen LogP contribution >= 0.6 is 0 Å². The standard InChI is InChI=1S/C14H18N2O2/c1-4-18-14(17)7-8-16(3)13-9-11(2)5-6-12(13)10-15/h5-6,9H,4,7-8H2,1-3H3. The molecule has 96 valence electrons. The number of nitriles is 1. The van der Waals surface area contributed by atoms with Crippen molar-refractivity contribution in [3.63, 3.8) is 0 Å². The van der Waals surface area contributed by atoms with Crippen molar-refractivity contribution < 1.29 is 9.53 Å². The van der Waals surface area contributed by atoms with E-state index < -0.39 is 0 Å². The summed E-state index contributed by atoms with van der Waals surface area (Å²) >= 11 is 0. The Morgan fingerprint density at radius 3 is 2.83 bits per heavy atom. The summed E-state index contributed by atoms with van der Waals surface area (Å²) in [6.07, 6.45) is 0.323. The normalized spacial score (nSPS) is 9.67. The zero-order valence-electron chi connectivity index (χ0n) is 11.1. The van der Waals surface area contributed by atoms with E-state index in [9.17, 15) is 4.79 Å². The molecule has 1 aromatic carbocycles. The molecule has 0 aliphatic rings. The monoisotopic (exact) mass is 246 g/mol. The Morgan fingerprint density at radius 1 is 1.50 bits per heavy atom. The lowest BCUT2D eigenvalue weighted by molar-refractivity contribution is -0.142. The van der Waals surface area contributed by atoms with Crippen LogP contribution in [0.1, 0.15) is 24.5 Å². The van der Waals surface area contributed by atoms with Gasteiger partial charge in [0, 0.05) is 13.6 Å². The number of benzene rings is 1. The summed E-state index contributed by atoms with van der Waals surface area (Å²) in [4.78, 5) is 13.2. The molecule has 0 amide bonds. The maximum atomic E-state index is 11.3. The van der Waals surface area contributed by atoms with Crippen LogP contribution in [0.25, 0.3) is 0 Å². The lowest BCUT2D eigenvalue weighted by Gasteiger charge is -2.20. The van der Waals surface area contributed by atoms with Gasteiger partial charge in [0.15, 0.2) is 0 Å². The van der Waals surface area contributed by atoms with Gasteiger partial charge in [-0.05, 0) is 31.5 Å². The second kappa shape index (κ2) is 6.65. The molecule has 18 heavy (non-hydrogen) atoms. The van der Waals surface area contributed by atoms with Crippen molar-refractivity contribution in [1.29, 1.82) is 5.26 Å². The van der Waals surface area contributed by atoms with Crippen LogP contribution in [0.5, 0.6) is 0 Å². The van der Waals surface area contributed by atoms with E-state index >= 15 is 0 Å². The summed E-state index contributed by atoms with van der Waals surface area (Å²) in [5, 5.41) is 9.05. The average molecular weight is 246 g/mol. The minimum atomic E-state index is -0.212. The topological polar surface area (TPSA) is 53.3 Å². The van der Waals surface area contributed by atoms with Crippen LogP contribution in [-0.4, -0.2) is 26.2 Å². The molecular weight excluding hydrogens is 228 g/mol. The summed E-state index contributed by atoms with van der Waals surface area (Å²) in [6.45, 7) is 4.70. The lowest BCUT2D eigenvalue weighted by Crippen LogP contribution is -2.22. The van der Waals surface area contributed by atoms with Crippen molar-refractivity contribution >= 4 is 11.7 Å².